The smallest absolute Gasteiger partial charge is 0.419 e. The van der Waals surface area contributed by atoms with Crippen molar-refractivity contribution in [3.05, 3.63) is 29.8 Å². The number of nitrogens with one attached hydrogen (secondary N) is 2. The molecular weight excluding hydrogens is 363 g/mol. The summed E-state index contributed by atoms with van der Waals surface area (Å²) in [5, 5.41) is 15.4. The van der Waals surface area contributed by atoms with Crippen LogP contribution < -0.4 is 15.4 Å². The predicted molar refractivity (Wildman–Crippen MR) is 95.9 cm³/mol. The number of benzene rings is 1. The molecule has 2 rings (SSSR count). The Kier molecular flexibility index (Phi) is 7.73. The fourth-order valence-corrected chi connectivity index (χ4v) is 2.96. The van der Waals surface area contributed by atoms with Crippen molar-refractivity contribution in [2.75, 3.05) is 46.6 Å². The molecule has 0 saturated carbocycles. The molecule has 1 atom stereocenters. The first-order valence-corrected chi connectivity index (χ1v) is 8.82. The minimum absolute atomic E-state index is 0.0543. The Morgan fingerprint density at radius 2 is 2.11 bits per heavy atom. The summed E-state index contributed by atoms with van der Waals surface area (Å²) in [4.78, 5) is 4.10. The molecule has 152 valence electrons. The Bertz CT molecular complexity index is 617. The second-order valence-corrected chi connectivity index (χ2v) is 6.47. The summed E-state index contributed by atoms with van der Waals surface area (Å²) in [6, 6.07) is 5.12. The van der Waals surface area contributed by atoms with Gasteiger partial charge in [-0.2, -0.15) is 13.2 Å². The molecule has 3 N–H and O–H groups in total. The SMILES string of the molecule is CN=C(NCCOc1ccccc1C(F)(F)F)NCC1(CCO)CCOC1. The van der Waals surface area contributed by atoms with Gasteiger partial charge in [0.2, 0.25) is 0 Å². The lowest BCUT2D eigenvalue weighted by molar-refractivity contribution is -0.138. The topological polar surface area (TPSA) is 75.1 Å². The van der Waals surface area contributed by atoms with E-state index in [1.807, 2.05) is 0 Å². The van der Waals surface area contributed by atoms with Crippen molar-refractivity contribution in [1.82, 2.24) is 10.6 Å². The standard InChI is InChI=1S/C18H26F3N3O3/c1-22-16(24-12-17(6-9-25)7-10-26-13-17)23-8-11-27-15-5-3-2-4-14(15)18(19,20)21/h2-5,25H,6-13H2,1H3,(H2,22,23,24). The van der Waals surface area contributed by atoms with Crippen LogP contribution >= 0.6 is 0 Å². The first-order chi connectivity index (χ1) is 12.9. The van der Waals surface area contributed by atoms with Crippen LogP contribution in [0.4, 0.5) is 13.2 Å². The molecule has 6 nitrogen and oxygen atoms in total. The molecule has 1 aliphatic heterocycles. The van der Waals surface area contributed by atoms with Crippen LogP contribution in [0.15, 0.2) is 29.3 Å². The number of aliphatic imine (C=N–C) groups is 1. The highest BCUT2D eigenvalue weighted by molar-refractivity contribution is 5.79. The maximum atomic E-state index is 12.9. The second-order valence-electron chi connectivity index (χ2n) is 6.47. The van der Waals surface area contributed by atoms with Crippen LogP contribution in [0.1, 0.15) is 18.4 Å². The highest BCUT2D eigenvalue weighted by atomic mass is 19.4. The summed E-state index contributed by atoms with van der Waals surface area (Å²) in [5.74, 6) is 0.326. The number of aliphatic hydroxyl groups excluding tert-OH is 1. The summed E-state index contributed by atoms with van der Waals surface area (Å²) >= 11 is 0. The van der Waals surface area contributed by atoms with Crippen molar-refractivity contribution in [1.29, 1.82) is 0 Å². The van der Waals surface area contributed by atoms with E-state index in [0.29, 0.717) is 32.1 Å². The predicted octanol–water partition coefficient (Wildman–Crippen LogP) is 2.04. The third kappa shape index (κ3) is 6.28. The molecule has 1 saturated heterocycles. The molecule has 0 spiro atoms. The van der Waals surface area contributed by atoms with Gasteiger partial charge in [0.1, 0.15) is 12.4 Å². The summed E-state index contributed by atoms with van der Waals surface area (Å²) < 4.78 is 49.5. The lowest BCUT2D eigenvalue weighted by Gasteiger charge is -2.27. The van der Waals surface area contributed by atoms with Gasteiger partial charge in [-0.3, -0.25) is 4.99 Å². The molecule has 27 heavy (non-hydrogen) atoms. The molecule has 0 bridgehead atoms. The number of para-hydroxylation sites is 1. The van der Waals surface area contributed by atoms with E-state index >= 15 is 0 Å². The Morgan fingerprint density at radius 1 is 1.33 bits per heavy atom. The summed E-state index contributed by atoms with van der Waals surface area (Å²) in [5.41, 5.74) is -0.922. The van der Waals surface area contributed by atoms with Crippen LogP contribution in [0.25, 0.3) is 0 Å². The number of rotatable bonds is 8. The molecule has 1 unspecified atom stereocenters. The third-order valence-corrected chi connectivity index (χ3v) is 4.53. The van der Waals surface area contributed by atoms with Gasteiger partial charge in [0.05, 0.1) is 18.7 Å². The van der Waals surface area contributed by atoms with E-state index in [4.69, 9.17) is 9.47 Å². The largest absolute Gasteiger partial charge is 0.491 e. The summed E-state index contributed by atoms with van der Waals surface area (Å²) in [6.07, 6.45) is -2.96. The van der Waals surface area contributed by atoms with Crippen LogP contribution in [0.3, 0.4) is 0 Å². The van der Waals surface area contributed by atoms with Crippen molar-refractivity contribution in [2.45, 2.75) is 19.0 Å². The van der Waals surface area contributed by atoms with Crippen LogP contribution in [0.5, 0.6) is 5.75 Å². The van der Waals surface area contributed by atoms with Gasteiger partial charge >= 0.3 is 6.18 Å². The van der Waals surface area contributed by atoms with Crippen molar-refractivity contribution >= 4 is 5.96 Å². The average molecular weight is 389 g/mol. The van der Waals surface area contributed by atoms with Gasteiger partial charge in [-0.15, -0.1) is 0 Å². The molecule has 1 aromatic rings. The normalized spacial score (nSPS) is 20.6. The zero-order valence-electron chi connectivity index (χ0n) is 15.3. The Morgan fingerprint density at radius 3 is 2.74 bits per heavy atom. The zero-order valence-corrected chi connectivity index (χ0v) is 15.3. The maximum absolute atomic E-state index is 12.9. The van der Waals surface area contributed by atoms with E-state index in [-0.39, 0.29) is 30.9 Å². The first-order valence-electron chi connectivity index (χ1n) is 8.82. The molecule has 0 radical (unpaired) electrons. The van der Waals surface area contributed by atoms with Gasteiger partial charge in [0.15, 0.2) is 5.96 Å². The molecule has 1 aliphatic rings. The molecule has 1 heterocycles. The molecule has 1 fully saturated rings. The van der Waals surface area contributed by atoms with Crippen molar-refractivity contribution < 1.29 is 27.8 Å². The molecule has 0 aromatic heterocycles. The second kappa shape index (κ2) is 9.80. The molecule has 1 aromatic carbocycles. The van der Waals surface area contributed by atoms with Crippen molar-refractivity contribution in [2.24, 2.45) is 10.4 Å². The number of nitrogens with zero attached hydrogens (tertiary/aromatic N) is 1. The quantitative estimate of drug-likeness (QED) is 0.360. The number of guanidine groups is 1. The maximum Gasteiger partial charge on any atom is 0.419 e. The fourth-order valence-electron chi connectivity index (χ4n) is 2.96. The average Bonchev–Trinajstić information content (AvgIpc) is 3.10. The lowest BCUT2D eigenvalue weighted by atomic mass is 9.84. The number of halogens is 3. The highest BCUT2D eigenvalue weighted by Crippen LogP contribution is 2.35. The highest BCUT2D eigenvalue weighted by Gasteiger charge is 2.35. The molecular formula is C18H26F3N3O3. The Labute approximate surface area is 156 Å². The van der Waals surface area contributed by atoms with Gasteiger partial charge in [-0.05, 0) is 25.0 Å². The zero-order chi connectivity index (χ0) is 19.8. The Balaban J connectivity index is 1.79. The van der Waals surface area contributed by atoms with E-state index in [1.165, 1.54) is 18.2 Å². The number of hydrogen-bond donors (Lipinski definition) is 3. The lowest BCUT2D eigenvalue weighted by Crippen LogP contribution is -2.45. The Hall–Kier alpha value is -2.00. The van der Waals surface area contributed by atoms with Gasteiger partial charge in [-0.25, -0.2) is 0 Å². The van der Waals surface area contributed by atoms with Crippen molar-refractivity contribution in [3.63, 3.8) is 0 Å². The number of hydrogen-bond acceptors (Lipinski definition) is 4. The van der Waals surface area contributed by atoms with E-state index in [0.717, 1.165) is 12.5 Å². The van der Waals surface area contributed by atoms with Gasteiger partial charge in [-0.1, -0.05) is 12.1 Å². The van der Waals surface area contributed by atoms with E-state index in [1.54, 1.807) is 7.05 Å². The first kappa shape index (κ1) is 21.3. The minimum Gasteiger partial charge on any atom is -0.491 e. The van der Waals surface area contributed by atoms with Crippen LogP contribution in [0.2, 0.25) is 0 Å². The van der Waals surface area contributed by atoms with Gasteiger partial charge < -0.3 is 25.2 Å². The molecule has 0 aliphatic carbocycles. The number of ether oxygens (including phenoxy) is 2. The number of alkyl halides is 3. The van der Waals surface area contributed by atoms with Gasteiger partial charge in [0, 0.05) is 32.2 Å². The van der Waals surface area contributed by atoms with E-state index in [9.17, 15) is 18.3 Å². The van der Waals surface area contributed by atoms with Crippen LogP contribution in [0, 0.1) is 5.41 Å². The van der Waals surface area contributed by atoms with Gasteiger partial charge in [0.25, 0.3) is 0 Å². The third-order valence-electron chi connectivity index (χ3n) is 4.53. The van der Waals surface area contributed by atoms with Crippen LogP contribution in [-0.4, -0.2) is 57.6 Å². The monoisotopic (exact) mass is 389 g/mol. The van der Waals surface area contributed by atoms with Crippen molar-refractivity contribution in [3.8, 4) is 5.75 Å². The van der Waals surface area contributed by atoms with E-state index < -0.39 is 11.7 Å². The molecule has 9 heteroatoms. The summed E-state index contributed by atoms with van der Waals surface area (Å²) in [7, 11) is 1.61. The molecule has 0 amide bonds. The van der Waals surface area contributed by atoms with Crippen LogP contribution in [-0.2, 0) is 10.9 Å². The minimum atomic E-state index is -4.45. The summed E-state index contributed by atoms with van der Waals surface area (Å²) in [6.45, 7) is 2.26. The fraction of sp³-hybridized carbons (Fsp3) is 0.611. The van der Waals surface area contributed by atoms with E-state index in [2.05, 4.69) is 15.6 Å². The number of aliphatic hydroxyl groups is 1.